The van der Waals surface area contributed by atoms with E-state index in [1.54, 1.807) is 6.08 Å². The van der Waals surface area contributed by atoms with Crippen LogP contribution in [0.15, 0.2) is 37.1 Å². The van der Waals surface area contributed by atoms with Gasteiger partial charge in [-0.3, -0.25) is 0 Å². The van der Waals surface area contributed by atoms with Crippen LogP contribution in [-0.2, 0) is 18.9 Å². The summed E-state index contributed by atoms with van der Waals surface area (Å²) in [7, 11) is 0. The molecule has 7 atom stereocenters. The van der Waals surface area contributed by atoms with Crippen LogP contribution in [0.4, 0.5) is 0 Å². The van der Waals surface area contributed by atoms with E-state index in [1.165, 1.54) is 0 Å². The highest BCUT2D eigenvalue weighted by atomic mass is 16.7. The van der Waals surface area contributed by atoms with E-state index in [4.69, 9.17) is 18.9 Å². The molecule has 0 unspecified atom stereocenters. The Morgan fingerprint density at radius 1 is 1.06 bits per heavy atom. The molecule has 2 saturated heterocycles. The van der Waals surface area contributed by atoms with Crippen molar-refractivity contribution < 1.29 is 34.3 Å². The molecule has 0 radical (unpaired) electrons. The second-order valence-corrected chi connectivity index (χ2v) is 11.4. The van der Waals surface area contributed by atoms with Crippen molar-refractivity contribution in [3.05, 3.63) is 37.1 Å². The van der Waals surface area contributed by atoms with Crippen LogP contribution in [0.1, 0.15) is 84.5 Å². The Morgan fingerprint density at radius 3 is 2.50 bits per heavy atom. The molecule has 3 rings (SSSR count). The quantitative estimate of drug-likeness (QED) is 0.481. The molecule has 0 aliphatic carbocycles. The fourth-order valence-electron chi connectivity index (χ4n) is 5.65. The minimum Gasteiger partial charge on any atom is -0.493 e. The van der Waals surface area contributed by atoms with Crippen LogP contribution in [0, 0.1) is 5.41 Å². The van der Waals surface area contributed by atoms with Gasteiger partial charge in [0.2, 0.25) is 0 Å². The van der Waals surface area contributed by atoms with Gasteiger partial charge in [0.1, 0.15) is 6.10 Å². The van der Waals surface area contributed by atoms with E-state index < -0.39 is 29.5 Å². The summed E-state index contributed by atoms with van der Waals surface area (Å²) in [5.41, 5.74) is -1.59. The first kappa shape index (κ1) is 29.3. The summed E-state index contributed by atoms with van der Waals surface area (Å²) in [6.45, 7) is 12.3. The number of ether oxygens (including phenoxy) is 4. The van der Waals surface area contributed by atoms with Crippen LogP contribution in [-0.4, -0.2) is 70.9 Å². The highest BCUT2D eigenvalue weighted by Crippen LogP contribution is 2.40. The highest BCUT2D eigenvalue weighted by Gasteiger charge is 2.41. The largest absolute Gasteiger partial charge is 0.493 e. The van der Waals surface area contributed by atoms with Crippen molar-refractivity contribution in [2.45, 2.75) is 127 Å². The standard InChI is InChI=1S/C29H48O7/c1-5-13-29(32)14-7-10-26(20-30)34-21(2)17-22(31)18-23-8-6-9-24(35-23)19-25-12-16-33-27(36-25)11-15-28(29,3)4/h5,11,15,22-27,30-32H,1-2,6-10,12-14,16-20H2,3-4H3/b15-11+/t22-,23-,24+,25-,26+,27-,29+/m0/s1. The Morgan fingerprint density at radius 2 is 1.78 bits per heavy atom. The van der Waals surface area contributed by atoms with Crippen LogP contribution >= 0.6 is 0 Å². The van der Waals surface area contributed by atoms with E-state index in [2.05, 4.69) is 13.2 Å². The molecular formula is C29H48O7. The maximum absolute atomic E-state index is 11.7. The van der Waals surface area contributed by atoms with Gasteiger partial charge in [-0.25, -0.2) is 0 Å². The number of hydrogen-bond donors (Lipinski definition) is 3. The molecule has 3 aliphatic rings. The Labute approximate surface area is 217 Å². The molecule has 0 aromatic heterocycles. The van der Waals surface area contributed by atoms with Gasteiger partial charge in [-0.1, -0.05) is 32.6 Å². The van der Waals surface area contributed by atoms with Gasteiger partial charge in [0, 0.05) is 11.8 Å². The molecule has 0 amide bonds. The zero-order chi connectivity index (χ0) is 26.2. The second kappa shape index (κ2) is 13.5. The maximum atomic E-state index is 11.7. The molecule has 3 heterocycles. The summed E-state index contributed by atoms with van der Waals surface area (Å²) in [6.07, 6.45) is 11.9. The van der Waals surface area contributed by atoms with E-state index in [9.17, 15) is 15.3 Å². The lowest BCUT2D eigenvalue weighted by atomic mass is 9.70. The van der Waals surface area contributed by atoms with E-state index in [-0.39, 0.29) is 24.9 Å². The molecule has 36 heavy (non-hydrogen) atoms. The lowest BCUT2D eigenvalue weighted by Gasteiger charge is -2.41. The lowest BCUT2D eigenvalue weighted by Crippen LogP contribution is -2.44. The fourth-order valence-corrected chi connectivity index (χ4v) is 5.65. The number of hydrogen-bond acceptors (Lipinski definition) is 7. The predicted molar refractivity (Wildman–Crippen MR) is 139 cm³/mol. The summed E-state index contributed by atoms with van der Waals surface area (Å²) in [4.78, 5) is 0. The first-order valence-electron chi connectivity index (χ1n) is 13.7. The van der Waals surface area contributed by atoms with E-state index in [0.717, 1.165) is 32.1 Å². The third-order valence-corrected chi connectivity index (χ3v) is 8.01. The summed E-state index contributed by atoms with van der Waals surface area (Å²) in [5, 5.41) is 32.2. The van der Waals surface area contributed by atoms with Gasteiger partial charge in [-0.05, 0) is 70.3 Å². The zero-order valence-electron chi connectivity index (χ0n) is 22.3. The van der Waals surface area contributed by atoms with Gasteiger partial charge in [0.05, 0.1) is 49.0 Å². The van der Waals surface area contributed by atoms with Gasteiger partial charge in [0.15, 0.2) is 6.29 Å². The van der Waals surface area contributed by atoms with E-state index >= 15 is 0 Å². The molecular weight excluding hydrogens is 460 g/mol. The van der Waals surface area contributed by atoms with Crippen molar-refractivity contribution in [3.8, 4) is 0 Å². The summed E-state index contributed by atoms with van der Waals surface area (Å²) in [5.74, 6) is 0.467. The van der Waals surface area contributed by atoms with Gasteiger partial charge in [-0.15, -0.1) is 6.58 Å². The van der Waals surface area contributed by atoms with Gasteiger partial charge in [-0.2, -0.15) is 0 Å². The topological polar surface area (TPSA) is 97.6 Å². The van der Waals surface area contributed by atoms with Gasteiger partial charge in [0.25, 0.3) is 0 Å². The molecule has 3 aliphatic heterocycles. The van der Waals surface area contributed by atoms with Crippen molar-refractivity contribution in [2.75, 3.05) is 13.2 Å². The normalized spacial score (nSPS) is 40.0. The summed E-state index contributed by atoms with van der Waals surface area (Å²) < 4.78 is 24.3. The van der Waals surface area contributed by atoms with Crippen molar-refractivity contribution in [2.24, 2.45) is 5.41 Å². The molecule has 0 spiro atoms. The van der Waals surface area contributed by atoms with Gasteiger partial charge < -0.3 is 34.3 Å². The monoisotopic (exact) mass is 508 g/mol. The van der Waals surface area contributed by atoms with Crippen molar-refractivity contribution in [1.82, 2.24) is 0 Å². The molecule has 2 fully saturated rings. The second-order valence-electron chi connectivity index (χ2n) is 11.4. The smallest absolute Gasteiger partial charge is 0.177 e. The van der Waals surface area contributed by atoms with E-state index in [0.29, 0.717) is 50.9 Å². The molecule has 0 aromatic carbocycles. The first-order valence-corrected chi connectivity index (χ1v) is 13.7. The molecule has 3 N–H and O–H groups in total. The number of aliphatic hydroxyl groups excluding tert-OH is 2. The molecule has 206 valence electrons. The third kappa shape index (κ3) is 8.40. The Bertz CT molecular complexity index is 735. The Kier molecular flexibility index (Phi) is 11.0. The van der Waals surface area contributed by atoms with Crippen LogP contribution in [0.25, 0.3) is 0 Å². The minimum absolute atomic E-state index is 0.00431. The third-order valence-electron chi connectivity index (χ3n) is 8.01. The van der Waals surface area contributed by atoms with E-state index in [1.807, 2.05) is 26.0 Å². The van der Waals surface area contributed by atoms with Crippen LogP contribution in [0.5, 0.6) is 0 Å². The lowest BCUT2D eigenvalue weighted by molar-refractivity contribution is -0.199. The number of aliphatic hydroxyl groups is 3. The molecule has 0 aromatic rings. The Balaban J connectivity index is 1.78. The first-order chi connectivity index (χ1) is 17.1. The minimum atomic E-state index is -1.03. The molecule has 7 nitrogen and oxygen atoms in total. The average Bonchev–Trinajstić information content (AvgIpc) is 2.82. The zero-order valence-corrected chi connectivity index (χ0v) is 22.3. The molecule has 0 saturated carbocycles. The SMILES string of the molecule is C=CC[C@@]1(O)CCC[C@H](CO)OC(=C)C[C@H](O)C[C@@H]2CCC[C@H](C[C@@H]3CCO[C@H](/C=C/C1(C)C)O3)O2. The van der Waals surface area contributed by atoms with Crippen molar-refractivity contribution >= 4 is 0 Å². The van der Waals surface area contributed by atoms with Crippen LogP contribution in [0.2, 0.25) is 0 Å². The summed E-state index contributed by atoms with van der Waals surface area (Å²) in [6, 6.07) is 0. The van der Waals surface area contributed by atoms with Crippen molar-refractivity contribution in [3.63, 3.8) is 0 Å². The number of fused-ring (bicyclic) bond motifs is 4. The van der Waals surface area contributed by atoms with Crippen molar-refractivity contribution in [1.29, 1.82) is 0 Å². The molecule has 7 heteroatoms. The van der Waals surface area contributed by atoms with Crippen LogP contribution in [0.3, 0.4) is 0 Å². The average molecular weight is 509 g/mol. The van der Waals surface area contributed by atoms with Gasteiger partial charge >= 0.3 is 0 Å². The highest BCUT2D eigenvalue weighted by molar-refractivity contribution is 5.09. The molecule has 4 bridgehead atoms. The predicted octanol–water partition coefficient (Wildman–Crippen LogP) is 4.55. The fraction of sp³-hybridized carbons (Fsp3) is 0.793. The van der Waals surface area contributed by atoms with Crippen LogP contribution < -0.4 is 0 Å². The number of rotatable bonds is 3. The Hall–Kier alpha value is -1.22. The summed E-state index contributed by atoms with van der Waals surface area (Å²) >= 11 is 0. The maximum Gasteiger partial charge on any atom is 0.177 e.